The first-order valence-electron chi connectivity index (χ1n) is 6.44. The highest BCUT2D eigenvalue weighted by Crippen LogP contribution is 2.19. The van der Waals surface area contributed by atoms with Gasteiger partial charge < -0.3 is 10.3 Å². The number of imidazole rings is 2. The minimum absolute atomic E-state index is 0.655. The number of anilines is 1. The molecule has 0 aliphatic carbocycles. The number of aromatic amines is 1. The first kappa shape index (κ1) is 12.4. The molecule has 0 fully saturated rings. The zero-order valence-corrected chi connectivity index (χ0v) is 11.5. The molecule has 0 aliphatic rings. The number of nitrogens with one attached hydrogen (secondary N) is 2. The molecule has 2 N–H and O–H groups in total. The lowest BCUT2D eigenvalue weighted by Crippen LogP contribution is -2.07. The standard InChI is InChI=1S/C14H16N6/c1-10-13(19-9-18-10)8-17-12-4-3-5-16-14(12)20-7-6-15-11(20)2/h3-7,9,17H,8H2,1-2H3,(H,18,19). The van der Waals surface area contributed by atoms with E-state index in [1.165, 1.54) is 0 Å². The molecule has 102 valence electrons. The van der Waals surface area contributed by atoms with E-state index in [9.17, 15) is 0 Å². The largest absolute Gasteiger partial charge is 0.376 e. The van der Waals surface area contributed by atoms with Crippen LogP contribution in [0.4, 0.5) is 5.69 Å². The molecule has 6 heteroatoms. The van der Waals surface area contributed by atoms with E-state index in [-0.39, 0.29) is 0 Å². The molecule has 0 unspecified atom stereocenters. The van der Waals surface area contributed by atoms with Gasteiger partial charge in [0.1, 0.15) is 5.82 Å². The Morgan fingerprint density at radius 1 is 1.20 bits per heavy atom. The molecule has 3 aromatic rings. The van der Waals surface area contributed by atoms with Crippen molar-refractivity contribution in [3.05, 3.63) is 54.3 Å². The average Bonchev–Trinajstić information content (AvgIpc) is 3.06. The molecular weight excluding hydrogens is 252 g/mol. The lowest BCUT2D eigenvalue weighted by Gasteiger charge is -2.12. The molecule has 0 aromatic carbocycles. The predicted molar refractivity (Wildman–Crippen MR) is 76.7 cm³/mol. The molecule has 0 atom stereocenters. The second-order valence-corrected chi connectivity index (χ2v) is 4.55. The summed E-state index contributed by atoms with van der Waals surface area (Å²) in [7, 11) is 0. The number of hydrogen-bond donors (Lipinski definition) is 2. The van der Waals surface area contributed by atoms with Gasteiger partial charge in [-0.25, -0.2) is 15.0 Å². The minimum Gasteiger partial charge on any atom is -0.376 e. The van der Waals surface area contributed by atoms with Gasteiger partial charge in [0.05, 0.1) is 24.3 Å². The Bertz CT molecular complexity index is 712. The van der Waals surface area contributed by atoms with E-state index in [1.807, 2.05) is 36.7 Å². The van der Waals surface area contributed by atoms with Gasteiger partial charge >= 0.3 is 0 Å². The molecule has 0 saturated heterocycles. The number of nitrogens with zero attached hydrogens (tertiary/aromatic N) is 4. The van der Waals surface area contributed by atoms with Crippen molar-refractivity contribution in [1.82, 2.24) is 24.5 Å². The Labute approximate surface area is 116 Å². The third-order valence-corrected chi connectivity index (χ3v) is 3.22. The molecule has 0 radical (unpaired) electrons. The van der Waals surface area contributed by atoms with Gasteiger partial charge in [-0.05, 0) is 26.0 Å². The summed E-state index contributed by atoms with van der Waals surface area (Å²) in [4.78, 5) is 16.0. The van der Waals surface area contributed by atoms with Crippen LogP contribution in [0.3, 0.4) is 0 Å². The van der Waals surface area contributed by atoms with Crippen LogP contribution in [0.25, 0.3) is 5.82 Å². The van der Waals surface area contributed by atoms with Gasteiger partial charge in [0.25, 0.3) is 0 Å². The summed E-state index contributed by atoms with van der Waals surface area (Å²) in [6, 6.07) is 3.92. The van der Waals surface area contributed by atoms with E-state index in [0.29, 0.717) is 6.54 Å². The summed E-state index contributed by atoms with van der Waals surface area (Å²) in [5.41, 5.74) is 3.03. The maximum Gasteiger partial charge on any atom is 0.161 e. The third-order valence-electron chi connectivity index (χ3n) is 3.22. The molecule has 0 bridgehead atoms. The van der Waals surface area contributed by atoms with Crippen LogP contribution >= 0.6 is 0 Å². The number of aromatic nitrogens is 5. The minimum atomic E-state index is 0.655. The Kier molecular flexibility index (Phi) is 3.20. The van der Waals surface area contributed by atoms with Gasteiger partial charge in [-0.3, -0.25) is 4.57 Å². The van der Waals surface area contributed by atoms with E-state index in [0.717, 1.165) is 28.7 Å². The fourth-order valence-corrected chi connectivity index (χ4v) is 2.07. The maximum absolute atomic E-state index is 4.44. The van der Waals surface area contributed by atoms with Gasteiger partial charge in [0.2, 0.25) is 0 Å². The topological polar surface area (TPSA) is 71.4 Å². The average molecular weight is 268 g/mol. The van der Waals surface area contributed by atoms with Crippen LogP contribution in [0.5, 0.6) is 0 Å². The quantitative estimate of drug-likeness (QED) is 0.761. The highest BCUT2D eigenvalue weighted by molar-refractivity contribution is 5.57. The first-order valence-corrected chi connectivity index (χ1v) is 6.44. The lowest BCUT2D eigenvalue weighted by molar-refractivity contribution is 0.926. The number of H-pyrrole nitrogens is 1. The fraction of sp³-hybridized carbons (Fsp3) is 0.214. The smallest absolute Gasteiger partial charge is 0.161 e. The Morgan fingerprint density at radius 2 is 2.10 bits per heavy atom. The molecule has 3 aromatic heterocycles. The zero-order valence-electron chi connectivity index (χ0n) is 11.5. The molecule has 0 saturated carbocycles. The predicted octanol–water partition coefficient (Wildman–Crippen LogP) is 2.22. The SMILES string of the molecule is Cc1[nH]cnc1CNc1cccnc1-n1ccnc1C. The summed E-state index contributed by atoms with van der Waals surface area (Å²) >= 11 is 0. The number of hydrogen-bond acceptors (Lipinski definition) is 4. The van der Waals surface area contributed by atoms with Gasteiger partial charge in [0, 0.05) is 24.3 Å². The van der Waals surface area contributed by atoms with Crippen LogP contribution in [0.1, 0.15) is 17.2 Å². The van der Waals surface area contributed by atoms with Crippen LogP contribution in [0, 0.1) is 13.8 Å². The molecular formula is C14H16N6. The van der Waals surface area contributed by atoms with Crippen LogP contribution in [0.2, 0.25) is 0 Å². The molecule has 0 aliphatic heterocycles. The molecule has 3 rings (SSSR count). The number of rotatable bonds is 4. The first-order chi connectivity index (χ1) is 9.75. The Morgan fingerprint density at radius 3 is 2.80 bits per heavy atom. The second-order valence-electron chi connectivity index (χ2n) is 4.55. The molecule has 20 heavy (non-hydrogen) atoms. The number of pyridine rings is 1. The summed E-state index contributed by atoms with van der Waals surface area (Å²) < 4.78 is 1.96. The van der Waals surface area contributed by atoms with Crippen molar-refractivity contribution in [1.29, 1.82) is 0 Å². The zero-order chi connectivity index (χ0) is 13.9. The van der Waals surface area contributed by atoms with E-state index < -0.39 is 0 Å². The monoisotopic (exact) mass is 268 g/mol. The van der Waals surface area contributed by atoms with E-state index in [4.69, 9.17) is 0 Å². The Balaban J connectivity index is 1.87. The lowest BCUT2D eigenvalue weighted by atomic mass is 10.3. The van der Waals surface area contributed by atoms with Gasteiger partial charge in [-0.1, -0.05) is 0 Å². The van der Waals surface area contributed by atoms with Crippen LogP contribution < -0.4 is 5.32 Å². The van der Waals surface area contributed by atoms with Crippen molar-refractivity contribution >= 4 is 5.69 Å². The number of aryl methyl sites for hydroxylation is 2. The van der Waals surface area contributed by atoms with Crippen molar-refractivity contribution in [2.45, 2.75) is 20.4 Å². The van der Waals surface area contributed by atoms with Crippen molar-refractivity contribution in [2.75, 3.05) is 5.32 Å². The van der Waals surface area contributed by atoms with Crippen molar-refractivity contribution in [3.63, 3.8) is 0 Å². The van der Waals surface area contributed by atoms with Crippen LogP contribution in [-0.4, -0.2) is 24.5 Å². The van der Waals surface area contributed by atoms with Crippen molar-refractivity contribution in [2.24, 2.45) is 0 Å². The fourth-order valence-electron chi connectivity index (χ4n) is 2.07. The highest BCUT2D eigenvalue weighted by Gasteiger charge is 2.08. The Hall–Kier alpha value is -2.63. The summed E-state index contributed by atoms with van der Waals surface area (Å²) in [6.45, 7) is 4.62. The molecule has 6 nitrogen and oxygen atoms in total. The van der Waals surface area contributed by atoms with E-state index >= 15 is 0 Å². The summed E-state index contributed by atoms with van der Waals surface area (Å²) in [5.74, 6) is 1.75. The maximum atomic E-state index is 4.44. The summed E-state index contributed by atoms with van der Waals surface area (Å²) in [5, 5.41) is 3.38. The van der Waals surface area contributed by atoms with Gasteiger partial charge in [-0.2, -0.15) is 0 Å². The van der Waals surface area contributed by atoms with Crippen molar-refractivity contribution in [3.8, 4) is 5.82 Å². The molecule has 3 heterocycles. The highest BCUT2D eigenvalue weighted by atomic mass is 15.1. The van der Waals surface area contributed by atoms with Crippen LogP contribution in [0.15, 0.2) is 37.1 Å². The molecule has 0 amide bonds. The second kappa shape index (κ2) is 5.16. The normalized spacial score (nSPS) is 10.7. The van der Waals surface area contributed by atoms with Crippen LogP contribution in [-0.2, 0) is 6.54 Å². The van der Waals surface area contributed by atoms with E-state index in [1.54, 1.807) is 18.7 Å². The third kappa shape index (κ3) is 2.27. The van der Waals surface area contributed by atoms with Gasteiger partial charge in [0.15, 0.2) is 5.82 Å². The summed E-state index contributed by atoms with van der Waals surface area (Å²) in [6.07, 6.45) is 7.16. The molecule has 0 spiro atoms. The van der Waals surface area contributed by atoms with Gasteiger partial charge in [-0.15, -0.1) is 0 Å². The van der Waals surface area contributed by atoms with E-state index in [2.05, 4.69) is 25.3 Å². The van der Waals surface area contributed by atoms with Crippen molar-refractivity contribution < 1.29 is 0 Å².